The number of benzene rings is 2. The molecule has 2 N–H and O–H groups in total. The number of hydrogen-bond donors (Lipinski definition) is 2. The number of aliphatic hydroxyl groups is 1. The van der Waals surface area contributed by atoms with E-state index in [0.717, 1.165) is 22.9 Å². The largest absolute Gasteiger partial charge is 0.507 e. The molecule has 2 aromatic carbocycles. The fourth-order valence-electron chi connectivity index (χ4n) is 4.24. The van der Waals surface area contributed by atoms with E-state index in [1.807, 2.05) is 31.2 Å². The smallest absolute Gasteiger partial charge is 0.295 e. The van der Waals surface area contributed by atoms with Gasteiger partial charge in [0.25, 0.3) is 11.7 Å². The molecule has 1 amide bonds. The van der Waals surface area contributed by atoms with E-state index in [9.17, 15) is 14.7 Å². The molecule has 172 valence electrons. The summed E-state index contributed by atoms with van der Waals surface area (Å²) < 4.78 is 10.8. The number of nitrogens with one attached hydrogen (secondary N) is 1. The molecule has 0 radical (unpaired) electrons. The summed E-state index contributed by atoms with van der Waals surface area (Å²) in [6, 6.07) is 13.9. The van der Waals surface area contributed by atoms with Gasteiger partial charge in [0.05, 0.1) is 18.2 Å². The number of methoxy groups -OCH3 is 1. The Balaban J connectivity index is 1.84. The summed E-state index contributed by atoms with van der Waals surface area (Å²) in [5.74, 6) is -0.930. The lowest BCUT2D eigenvalue weighted by molar-refractivity contribution is -0.140. The monoisotopic (exact) mass is 448 g/mol. The van der Waals surface area contributed by atoms with Crippen molar-refractivity contribution in [1.29, 1.82) is 0 Å². The van der Waals surface area contributed by atoms with Gasteiger partial charge in [0.1, 0.15) is 11.5 Å². The first-order valence-electron chi connectivity index (χ1n) is 11.1. The second kappa shape index (κ2) is 9.92. The van der Waals surface area contributed by atoms with Crippen LogP contribution in [0.5, 0.6) is 5.75 Å². The van der Waals surface area contributed by atoms with E-state index < -0.39 is 17.7 Å². The van der Waals surface area contributed by atoms with Crippen molar-refractivity contribution in [2.45, 2.75) is 25.8 Å². The first kappa shape index (κ1) is 22.6. The van der Waals surface area contributed by atoms with Crippen molar-refractivity contribution in [1.82, 2.24) is 9.88 Å². The third kappa shape index (κ3) is 4.36. The lowest BCUT2D eigenvalue weighted by Crippen LogP contribution is -2.31. The van der Waals surface area contributed by atoms with Crippen molar-refractivity contribution in [3.05, 3.63) is 71.4 Å². The molecule has 1 atom stereocenters. The van der Waals surface area contributed by atoms with Crippen LogP contribution in [0, 0.1) is 0 Å². The first-order chi connectivity index (χ1) is 16.1. The summed E-state index contributed by atoms with van der Waals surface area (Å²) in [5, 5.41) is 12.2. The van der Waals surface area contributed by atoms with Crippen molar-refractivity contribution in [2.24, 2.45) is 0 Å². The molecule has 2 heterocycles. The summed E-state index contributed by atoms with van der Waals surface area (Å²) in [6.45, 7) is 3.35. The molecule has 3 aromatic rings. The molecule has 0 aliphatic carbocycles. The van der Waals surface area contributed by atoms with E-state index in [0.29, 0.717) is 37.5 Å². The highest BCUT2D eigenvalue weighted by Crippen LogP contribution is 2.42. The number of fused-ring (bicyclic) bond motifs is 1. The van der Waals surface area contributed by atoms with Gasteiger partial charge in [-0.25, -0.2) is 0 Å². The minimum absolute atomic E-state index is 0.0785. The topological polar surface area (TPSA) is 91.9 Å². The minimum Gasteiger partial charge on any atom is -0.507 e. The van der Waals surface area contributed by atoms with E-state index >= 15 is 0 Å². The number of carbonyl (C=O) groups excluding carboxylic acids is 2. The zero-order valence-corrected chi connectivity index (χ0v) is 18.8. The molecule has 7 heteroatoms. The first-order valence-corrected chi connectivity index (χ1v) is 11.1. The lowest BCUT2D eigenvalue weighted by atomic mass is 9.95. The SMILES string of the molecule is CCCOc1cccc(/C(O)=C2\C(=O)C(=O)N(CCCOC)C2c2c[nH]c3ccccc23)c1. The third-order valence-corrected chi connectivity index (χ3v) is 5.78. The van der Waals surface area contributed by atoms with Crippen LogP contribution in [0.15, 0.2) is 60.3 Å². The number of amides is 1. The maximum Gasteiger partial charge on any atom is 0.295 e. The van der Waals surface area contributed by atoms with Crippen LogP contribution in [0.4, 0.5) is 0 Å². The third-order valence-electron chi connectivity index (χ3n) is 5.78. The molecular formula is C26H28N2O5. The van der Waals surface area contributed by atoms with Gasteiger partial charge in [-0.3, -0.25) is 9.59 Å². The molecule has 4 rings (SSSR count). The normalized spacial score (nSPS) is 17.8. The molecule has 1 aliphatic rings. The highest BCUT2D eigenvalue weighted by atomic mass is 16.5. The number of rotatable bonds is 9. The van der Waals surface area contributed by atoms with Crippen LogP contribution in [0.1, 0.15) is 36.9 Å². The van der Waals surface area contributed by atoms with E-state index in [1.165, 1.54) is 4.90 Å². The van der Waals surface area contributed by atoms with Crippen molar-refractivity contribution < 1.29 is 24.2 Å². The summed E-state index contributed by atoms with van der Waals surface area (Å²) >= 11 is 0. The highest BCUT2D eigenvalue weighted by molar-refractivity contribution is 6.46. The van der Waals surface area contributed by atoms with Crippen LogP contribution in [0.2, 0.25) is 0 Å². The molecular weight excluding hydrogens is 420 g/mol. The van der Waals surface area contributed by atoms with Crippen molar-refractivity contribution in [3.63, 3.8) is 0 Å². The summed E-state index contributed by atoms with van der Waals surface area (Å²) in [4.78, 5) is 31.0. The Labute approximate surface area is 192 Å². The number of aliphatic hydroxyl groups excluding tert-OH is 1. The molecule has 0 spiro atoms. The number of aromatic amines is 1. The van der Waals surface area contributed by atoms with Crippen molar-refractivity contribution in [3.8, 4) is 5.75 Å². The number of likely N-dealkylation sites (tertiary alicyclic amines) is 1. The Morgan fingerprint density at radius 1 is 1.12 bits per heavy atom. The summed E-state index contributed by atoms with van der Waals surface area (Å²) in [7, 11) is 1.60. The van der Waals surface area contributed by atoms with Crippen molar-refractivity contribution >= 4 is 28.4 Å². The number of ether oxygens (including phenoxy) is 2. The van der Waals surface area contributed by atoms with Crippen molar-refractivity contribution in [2.75, 3.05) is 26.9 Å². The maximum atomic E-state index is 13.2. The number of Topliss-reactive ketones (excluding diaryl/α,β-unsaturated/α-hetero) is 1. The average Bonchev–Trinajstić information content (AvgIpc) is 3.37. The van der Waals surface area contributed by atoms with Crippen LogP contribution < -0.4 is 4.74 Å². The van der Waals surface area contributed by atoms with Gasteiger partial charge in [-0.15, -0.1) is 0 Å². The number of aromatic nitrogens is 1. The number of H-pyrrole nitrogens is 1. The Hall–Kier alpha value is -3.58. The Morgan fingerprint density at radius 3 is 2.73 bits per heavy atom. The van der Waals surface area contributed by atoms with Crippen LogP contribution in [0.3, 0.4) is 0 Å². The maximum absolute atomic E-state index is 13.2. The average molecular weight is 449 g/mol. The number of hydrogen-bond acceptors (Lipinski definition) is 5. The van der Waals surface area contributed by atoms with Gasteiger partial charge in [0.15, 0.2) is 0 Å². The number of ketones is 1. The van der Waals surface area contributed by atoms with E-state index in [1.54, 1.807) is 37.6 Å². The van der Waals surface area contributed by atoms with Gasteiger partial charge in [0.2, 0.25) is 0 Å². The van der Waals surface area contributed by atoms with Gasteiger partial charge in [-0.2, -0.15) is 0 Å². The minimum atomic E-state index is -0.710. The molecule has 1 aliphatic heterocycles. The van der Waals surface area contributed by atoms with Gasteiger partial charge in [-0.05, 0) is 31.0 Å². The second-order valence-corrected chi connectivity index (χ2v) is 8.00. The summed E-state index contributed by atoms with van der Waals surface area (Å²) in [5.41, 5.74) is 2.17. The molecule has 0 saturated carbocycles. The zero-order valence-electron chi connectivity index (χ0n) is 18.8. The van der Waals surface area contributed by atoms with Crippen LogP contribution >= 0.6 is 0 Å². The van der Waals surface area contributed by atoms with E-state index in [4.69, 9.17) is 9.47 Å². The zero-order chi connectivity index (χ0) is 23.4. The van der Waals surface area contributed by atoms with Crippen LogP contribution in [0.25, 0.3) is 16.7 Å². The molecule has 0 bridgehead atoms. The molecule has 1 aromatic heterocycles. The molecule has 33 heavy (non-hydrogen) atoms. The second-order valence-electron chi connectivity index (χ2n) is 8.00. The van der Waals surface area contributed by atoms with Crippen LogP contribution in [-0.4, -0.2) is 53.5 Å². The number of nitrogens with zero attached hydrogens (tertiary/aromatic N) is 1. The van der Waals surface area contributed by atoms with E-state index in [2.05, 4.69) is 4.98 Å². The predicted octanol–water partition coefficient (Wildman–Crippen LogP) is 4.41. The fourth-order valence-corrected chi connectivity index (χ4v) is 4.24. The number of carbonyl (C=O) groups is 2. The highest BCUT2D eigenvalue weighted by Gasteiger charge is 2.46. The Morgan fingerprint density at radius 2 is 1.94 bits per heavy atom. The molecule has 1 saturated heterocycles. The molecule has 7 nitrogen and oxygen atoms in total. The van der Waals surface area contributed by atoms with Crippen LogP contribution in [-0.2, 0) is 14.3 Å². The van der Waals surface area contributed by atoms with Gasteiger partial charge in [-0.1, -0.05) is 37.3 Å². The molecule has 1 fully saturated rings. The molecule has 1 unspecified atom stereocenters. The summed E-state index contributed by atoms with van der Waals surface area (Å²) in [6.07, 6.45) is 3.23. The fraction of sp³-hybridized carbons (Fsp3) is 0.308. The predicted molar refractivity (Wildman–Crippen MR) is 126 cm³/mol. The quantitative estimate of drug-likeness (QED) is 0.219. The lowest BCUT2D eigenvalue weighted by Gasteiger charge is -2.24. The van der Waals surface area contributed by atoms with Gasteiger partial charge < -0.3 is 24.5 Å². The van der Waals surface area contributed by atoms with E-state index in [-0.39, 0.29) is 11.3 Å². The van der Waals surface area contributed by atoms with Gasteiger partial charge >= 0.3 is 0 Å². The Bertz CT molecular complexity index is 1200. The number of para-hydroxylation sites is 1. The Kier molecular flexibility index (Phi) is 6.79. The van der Waals surface area contributed by atoms with Gasteiger partial charge in [0, 0.05) is 48.5 Å². The standard InChI is InChI=1S/C26H28N2O5/c1-3-13-33-18-9-6-8-17(15-18)24(29)22-23(20-16-27-21-11-5-4-10-19(20)21)28(12-7-14-32-2)26(31)25(22)30/h4-6,8-11,15-16,23,27,29H,3,7,12-14H2,1-2H3/b24-22+.